The van der Waals surface area contributed by atoms with Gasteiger partial charge in [-0.3, -0.25) is 46.8 Å². The zero-order valence-electron chi connectivity index (χ0n) is 39.7. The number of nitrogens with zero attached hydrogens (tertiary/aromatic N) is 10. The zero-order valence-corrected chi connectivity index (χ0v) is 43.3. The van der Waals surface area contributed by atoms with Crippen LogP contribution in [0.4, 0.5) is 11.9 Å². The second kappa shape index (κ2) is 21.0. The van der Waals surface area contributed by atoms with Gasteiger partial charge in [0.05, 0.1) is 57.4 Å². The summed E-state index contributed by atoms with van der Waals surface area (Å²) >= 11 is 0. The molecule has 416 valence electrons. The van der Waals surface area contributed by atoms with Gasteiger partial charge in [0.1, 0.15) is 48.5 Å². The molecular weight excluding hydrogens is 1110 g/mol. The number of phosphoric acid groups is 3. The van der Waals surface area contributed by atoms with Gasteiger partial charge in [-0.15, -0.1) is 0 Å². The molecule has 0 bridgehead atoms. The van der Waals surface area contributed by atoms with Crippen molar-refractivity contribution in [3.05, 3.63) is 51.7 Å². The van der Waals surface area contributed by atoms with Crippen molar-refractivity contribution in [3.8, 4) is 0 Å². The smallest absolute Gasteiger partial charge is 0.387 e. The number of rotatable bonds is 20. The minimum atomic E-state index is -6.12. The molecule has 6 aromatic heterocycles. The van der Waals surface area contributed by atoms with Crippen molar-refractivity contribution in [2.24, 2.45) is 13.0 Å². The predicted molar refractivity (Wildman–Crippen MR) is 249 cm³/mol. The average molecular weight is 1160 g/mol. The SMILES string of the molecule is CC[C@@H]1[C@@H](COP(=O)(O)OP(=O)(O)OP(=O)(O)OC[C@H]2O[C@@H](n3cnc4c(C)ncnc43)[C@H](OC)[C@@H]2NP(=O)(O)OC[C@H]2O[C@@H](n3cnc4c(=O)[nH]c(N)nc43)[C@H](O)[C@@H]2O)OC([n+]2cn(C)c3c(=O)[nH]c(N)nc32)[C@@H]1O. The normalized spacial score (nSPS) is 30.2. The molecule has 5 unspecified atom stereocenters. The van der Waals surface area contributed by atoms with E-state index in [1.165, 1.54) is 46.8 Å². The Kier molecular flexibility index (Phi) is 15.5. The summed E-state index contributed by atoms with van der Waals surface area (Å²) in [5.41, 5.74) is 10.8. The molecule has 0 spiro atoms. The number of methoxy groups -OCH3 is 1. The monoisotopic (exact) mass is 1160 g/mol. The van der Waals surface area contributed by atoms with Crippen molar-refractivity contribution in [1.82, 2.24) is 58.7 Å². The van der Waals surface area contributed by atoms with Gasteiger partial charge in [-0.2, -0.15) is 13.6 Å². The molecule has 37 nitrogen and oxygen atoms in total. The number of nitrogens with one attached hydrogen (secondary N) is 3. The van der Waals surface area contributed by atoms with Crippen LogP contribution in [0.1, 0.15) is 37.7 Å². The third-order valence-electron chi connectivity index (χ3n) is 12.5. The van der Waals surface area contributed by atoms with Gasteiger partial charge in [-0.25, -0.2) is 47.9 Å². The Morgan fingerprint density at radius 2 is 1.36 bits per heavy atom. The topological polar surface area (TPSA) is 519 Å². The van der Waals surface area contributed by atoms with Crippen molar-refractivity contribution in [2.45, 2.75) is 87.7 Å². The Morgan fingerprint density at radius 3 is 2.03 bits per heavy atom. The number of fused-ring (bicyclic) bond motifs is 3. The first-order valence-electron chi connectivity index (χ1n) is 22.3. The highest BCUT2D eigenvalue weighted by molar-refractivity contribution is 7.66. The molecule has 3 saturated heterocycles. The third-order valence-corrected chi connectivity index (χ3v) is 17.9. The summed E-state index contributed by atoms with van der Waals surface area (Å²) in [6.07, 6.45) is -9.53. The van der Waals surface area contributed by atoms with Gasteiger partial charge in [0.25, 0.3) is 17.1 Å². The maximum Gasteiger partial charge on any atom is 0.490 e. The van der Waals surface area contributed by atoms with Crippen LogP contribution in [0.2, 0.25) is 0 Å². The fraction of sp³-hybridized carbons (Fsp3) is 0.571. The first-order valence-corrected chi connectivity index (χ1v) is 28.4. The molecular formula is C35H50N15O22P4+. The van der Waals surface area contributed by atoms with E-state index in [0.29, 0.717) is 11.2 Å². The number of anilines is 2. The van der Waals surface area contributed by atoms with Crippen molar-refractivity contribution < 1.29 is 98.9 Å². The van der Waals surface area contributed by atoms with Gasteiger partial charge >= 0.3 is 36.9 Å². The Morgan fingerprint density at radius 1 is 0.750 bits per heavy atom. The first kappa shape index (κ1) is 55.8. The van der Waals surface area contributed by atoms with E-state index in [1.54, 1.807) is 13.8 Å². The van der Waals surface area contributed by atoms with Gasteiger partial charge < -0.3 is 65.3 Å². The van der Waals surface area contributed by atoms with Crippen LogP contribution in [-0.2, 0) is 66.4 Å². The fourth-order valence-corrected chi connectivity index (χ4v) is 13.7. The molecule has 0 aromatic carbocycles. The Hall–Kier alpha value is -4.91. The Labute approximate surface area is 424 Å². The van der Waals surface area contributed by atoms with E-state index in [1.807, 2.05) is 0 Å². The molecule has 3 aliphatic heterocycles. The lowest BCUT2D eigenvalue weighted by atomic mass is 9.95. The van der Waals surface area contributed by atoms with E-state index in [9.17, 15) is 62.7 Å². The molecule has 6 aromatic rings. The molecule has 0 radical (unpaired) electrons. The van der Waals surface area contributed by atoms with Gasteiger partial charge in [-0.05, 0) is 13.3 Å². The van der Waals surface area contributed by atoms with E-state index >= 15 is 0 Å². The Bertz CT molecular complexity index is 3490. The minimum Gasteiger partial charge on any atom is -0.387 e. The van der Waals surface area contributed by atoms with Crippen LogP contribution in [-0.4, -0.2) is 164 Å². The number of imidazole rings is 3. The van der Waals surface area contributed by atoms with Gasteiger partial charge in [0.15, 0.2) is 35.6 Å². The molecule has 0 saturated carbocycles. The van der Waals surface area contributed by atoms with Crippen LogP contribution in [0.25, 0.3) is 33.5 Å². The quantitative estimate of drug-likeness (QED) is 0.0272. The standard InChI is InChI=1S/C35H49N15O22P4/c1-5-14-15(68-31(22(14)51)50-12-47(3)21-28(50)43-35(37)45-30(21)55)6-66-74(58,59)71-76(62,63)72-75(60,61)67-7-16-19(25(64-4)33(69-16)48-10-40-18-13(2)38-9-39-26(18)48)46-73(56,57)65-8-17-23(52)24(53)32(70-17)49-11-41-20-27(49)42-34(36)44-29(20)54/h9-12,14-17,19,22-25,31-33,51-53H,5-8H2,1-4H3,(H10-,36,37,42,43,44,45,46,54,55,56,57,58,59,60,61,62,63)/p+1/t14-,15-,16-,17-,19-,22-,23-,24-,25-,31?,32-,33-/m1/s1. The molecule has 9 heterocycles. The van der Waals surface area contributed by atoms with Gasteiger partial charge in [0, 0.05) is 13.0 Å². The lowest BCUT2D eigenvalue weighted by molar-refractivity contribution is -0.745. The van der Waals surface area contributed by atoms with Crippen LogP contribution >= 0.6 is 31.2 Å². The lowest BCUT2D eigenvalue weighted by Crippen LogP contribution is -2.45. The molecule has 0 aliphatic carbocycles. The highest BCUT2D eigenvalue weighted by Gasteiger charge is 2.53. The number of aliphatic hydroxyl groups excluding tert-OH is 3. The number of ether oxygens (including phenoxy) is 4. The summed E-state index contributed by atoms with van der Waals surface area (Å²) in [6.45, 7) is 0.357. The highest BCUT2D eigenvalue weighted by Crippen LogP contribution is 2.68. The average Bonchev–Trinajstić information content (AvgIpc) is 4.18. The molecule has 9 rings (SSSR count). The van der Waals surface area contributed by atoms with Crippen LogP contribution in [0.5, 0.6) is 0 Å². The van der Waals surface area contributed by atoms with Crippen LogP contribution in [0, 0.1) is 12.8 Å². The molecule has 3 fully saturated rings. The van der Waals surface area contributed by atoms with Crippen LogP contribution in [0.15, 0.2) is 34.9 Å². The van der Waals surface area contributed by atoms with E-state index in [0.717, 1.165) is 10.9 Å². The first-order chi connectivity index (χ1) is 35.7. The van der Waals surface area contributed by atoms with Crippen molar-refractivity contribution in [1.29, 1.82) is 0 Å². The summed E-state index contributed by atoms with van der Waals surface area (Å²) in [4.78, 5) is 97.1. The van der Waals surface area contributed by atoms with E-state index < -0.39 is 136 Å². The maximum absolute atomic E-state index is 13.8. The van der Waals surface area contributed by atoms with Crippen molar-refractivity contribution >= 4 is 76.6 Å². The number of nitrogen functional groups attached to an aromatic ring is 2. The van der Waals surface area contributed by atoms with Crippen molar-refractivity contribution in [3.63, 3.8) is 0 Å². The summed E-state index contributed by atoms with van der Waals surface area (Å²) < 4.78 is 106. The fourth-order valence-electron chi connectivity index (χ4n) is 9.10. The summed E-state index contributed by atoms with van der Waals surface area (Å²) in [6, 6.07) is -1.60. The number of H-pyrrole nitrogens is 2. The van der Waals surface area contributed by atoms with E-state index in [2.05, 4.69) is 53.6 Å². The number of aliphatic hydroxyl groups is 3. The molecule has 76 heavy (non-hydrogen) atoms. The van der Waals surface area contributed by atoms with Crippen LogP contribution in [0.3, 0.4) is 0 Å². The molecule has 41 heteroatoms. The number of aromatic amines is 2. The predicted octanol–water partition coefficient (Wildman–Crippen LogP) is -2.75. The second-order valence-electron chi connectivity index (χ2n) is 17.4. The van der Waals surface area contributed by atoms with E-state index in [4.69, 9.17) is 44.0 Å². The number of phosphoric ester groups is 2. The minimum absolute atomic E-state index is 0.0235. The highest BCUT2D eigenvalue weighted by atomic mass is 31.3. The van der Waals surface area contributed by atoms with Crippen molar-refractivity contribution in [2.75, 3.05) is 38.4 Å². The van der Waals surface area contributed by atoms with Gasteiger partial charge in [-0.1, -0.05) is 11.9 Å². The number of nitrogens with two attached hydrogens (primary N) is 2. The van der Waals surface area contributed by atoms with E-state index in [-0.39, 0.29) is 46.3 Å². The third kappa shape index (κ3) is 11.1. The largest absolute Gasteiger partial charge is 0.490 e. The molecule has 16 atom stereocenters. The van der Waals surface area contributed by atoms with Crippen LogP contribution < -0.4 is 32.2 Å². The molecule has 0 amide bonds. The number of hydrogen-bond donors (Lipinski definition) is 12. The Balaban J connectivity index is 0.866. The number of hydrogen-bond acceptors (Lipinski definition) is 26. The maximum atomic E-state index is 13.8. The lowest BCUT2D eigenvalue weighted by Gasteiger charge is -2.27. The molecule has 14 N–H and O–H groups in total. The number of aromatic nitrogens is 12. The zero-order chi connectivity index (χ0) is 55.0. The summed E-state index contributed by atoms with van der Waals surface area (Å²) in [7, 11) is -20.2. The summed E-state index contributed by atoms with van der Waals surface area (Å²) in [5, 5.41) is 35.3. The number of aryl methyl sites for hydroxylation is 2. The second-order valence-corrected chi connectivity index (χ2v) is 23.6. The summed E-state index contributed by atoms with van der Waals surface area (Å²) in [5.74, 6) is -1.35. The van der Waals surface area contributed by atoms with Gasteiger partial charge in [0.2, 0.25) is 17.7 Å². The molecule has 3 aliphatic rings.